The van der Waals surface area contributed by atoms with Gasteiger partial charge in [0, 0.05) is 10.4 Å². The summed E-state index contributed by atoms with van der Waals surface area (Å²) in [4.78, 5) is 14.2. The van der Waals surface area contributed by atoms with Crippen molar-refractivity contribution in [2.24, 2.45) is 11.3 Å². The zero-order valence-electron chi connectivity index (χ0n) is 15.8. The van der Waals surface area contributed by atoms with Crippen molar-refractivity contribution in [3.8, 4) is 5.75 Å². The molecule has 2 unspecified atom stereocenters. The summed E-state index contributed by atoms with van der Waals surface area (Å²) in [7, 11) is 0. The number of hydrogen-bond donors (Lipinski definition) is 3. The van der Waals surface area contributed by atoms with Crippen molar-refractivity contribution < 1.29 is 9.90 Å². The van der Waals surface area contributed by atoms with Crippen LogP contribution in [0.4, 0.5) is 5.00 Å². The van der Waals surface area contributed by atoms with Crippen LogP contribution in [-0.4, -0.2) is 11.0 Å². The molecular formula is C21H26N2O2S. The van der Waals surface area contributed by atoms with Crippen LogP contribution in [0.1, 0.15) is 65.3 Å². The fourth-order valence-electron chi connectivity index (χ4n) is 4.11. The lowest BCUT2D eigenvalue weighted by Gasteiger charge is -2.34. The van der Waals surface area contributed by atoms with Crippen LogP contribution in [0.5, 0.6) is 5.75 Å². The summed E-state index contributed by atoms with van der Waals surface area (Å²) in [5.41, 5.74) is 3.85. The Hall–Kier alpha value is -2.01. The average Bonchev–Trinajstić information content (AvgIpc) is 2.94. The first-order valence-corrected chi connectivity index (χ1v) is 10.1. The molecule has 5 heteroatoms. The minimum atomic E-state index is -0.395. The van der Waals surface area contributed by atoms with Crippen LogP contribution < -0.4 is 10.6 Å². The number of carbonyl (C=O) groups is 1. The van der Waals surface area contributed by atoms with E-state index in [-0.39, 0.29) is 17.1 Å². The maximum absolute atomic E-state index is 12.9. The number of aromatic hydroxyl groups is 1. The zero-order chi connectivity index (χ0) is 18.6. The van der Waals surface area contributed by atoms with E-state index in [1.807, 2.05) is 25.1 Å². The van der Waals surface area contributed by atoms with Gasteiger partial charge < -0.3 is 15.7 Å². The van der Waals surface area contributed by atoms with Gasteiger partial charge in [0.05, 0.1) is 5.56 Å². The predicted octanol–water partition coefficient (Wildman–Crippen LogP) is 4.77. The Morgan fingerprint density at radius 2 is 2.00 bits per heavy atom. The fourth-order valence-corrected chi connectivity index (χ4v) is 5.46. The van der Waals surface area contributed by atoms with Crippen molar-refractivity contribution in [1.29, 1.82) is 0 Å². The van der Waals surface area contributed by atoms with Crippen LogP contribution in [0.15, 0.2) is 18.2 Å². The lowest BCUT2D eigenvalue weighted by Crippen LogP contribution is -2.38. The molecule has 4 nitrogen and oxygen atoms in total. The van der Waals surface area contributed by atoms with Gasteiger partial charge >= 0.3 is 0 Å². The largest absolute Gasteiger partial charge is 0.507 e. The maximum atomic E-state index is 12.9. The molecule has 26 heavy (non-hydrogen) atoms. The molecule has 0 bridgehead atoms. The molecule has 3 N–H and O–H groups in total. The number of hydrogen-bond acceptors (Lipinski definition) is 4. The number of benzene rings is 1. The van der Waals surface area contributed by atoms with Gasteiger partial charge in [0.15, 0.2) is 0 Å². The third kappa shape index (κ3) is 2.78. The van der Waals surface area contributed by atoms with Crippen molar-refractivity contribution in [3.05, 3.63) is 45.3 Å². The molecule has 2 atom stereocenters. The summed E-state index contributed by atoms with van der Waals surface area (Å²) in [5.74, 6) is 0.856. The van der Waals surface area contributed by atoms with E-state index in [9.17, 15) is 9.90 Å². The Kier molecular flexibility index (Phi) is 4.03. The van der Waals surface area contributed by atoms with Crippen LogP contribution in [0.2, 0.25) is 0 Å². The number of phenols is 1. The standard InChI is InChI=1S/C21H26N2O2S/c1-11-6-5-7-14(17(11)24)18-22-19(25)16-13-9-8-12(21(2,3)4)10-15(13)26-20(16)23-18/h5-7,12,18,23-24H,8-10H2,1-4H3,(H,22,25). The van der Waals surface area contributed by atoms with Crippen molar-refractivity contribution in [2.75, 3.05) is 5.32 Å². The first-order chi connectivity index (χ1) is 12.3. The van der Waals surface area contributed by atoms with Crippen molar-refractivity contribution in [2.45, 2.75) is 53.1 Å². The lowest BCUT2D eigenvalue weighted by atomic mass is 9.72. The number of anilines is 1. The van der Waals surface area contributed by atoms with E-state index < -0.39 is 6.17 Å². The summed E-state index contributed by atoms with van der Waals surface area (Å²) >= 11 is 1.72. The molecule has 2 aromatic rings. The van der Waals surface area contributed by atoms with E-state index >= 15 is 0 Å². The molecule has 1 aromatic carbocycles. The highest BCUT2D eigenvalue weighted by atomic mass is 32.1. The number of amides is 1. The number of rotatable bonds is 1. The van der Waals surface area contributed by atoms with Gasteiger partial charge in [0.1, 0.15) is 16.9 Å². The number of phenolic OH excluding ortho intramolecular Hbond substituents is 1. The number of thiophene rings is 1. The monoisotopic (exact) mass is 370 g/mol. The normalized spacial score (nSPS) is 22.2. The highest BCUT2D eigenvalue weighted by Crippen LogP contribution is 2.46. The second-order valence-electron chi connectivity index (χ2n) is 8.58. The molecule has 138 valence electrons. The van der Waals surface area contributed by atoms with Crippen molar-refractivity contribution in [3.63, 3.8) is 0 Å². The molecule has 4 rings (SSSR count). The van der Waals surface area contributed by atoms with Gasteiger partial charge in [-0.2, -0.15) is 0 Å². The van der Waals surface area contributed by atoms with Gasteiger partial charge in [0.25, 0.3) is 5.91 Å². The summed E-state index contributed by atoms with van der Waals surface area (Å²) in [6.07, 6.45) is 2.76. The average molecular weight is 371 g/mol. The molecule has 1 amide bonds. The van der Waals surface area contributed by atoms with Gasteiger partial charge in [-0.05, 0) is 48.6 Å². The Morgan fingerprint density at radius 3 is 2.73 bits per heavy atom. The van der Waals surface area contributed by atoms with Gasteiger partial charge in [-0.25, -0.2) is 0 Å². The van der Waals surface area contributed by atoms with Gasteiger partial charge in [-0.3, -0.25) is 4.79 Å². The minimum Gasteiger partial charge on any atom is -0.507 e. The van der Waals surface area contributed by atoms with E-state index in [0.29, 0.717) is 11.5 Å². The highest BCUT2D eigenvalue weighted by Gasteiger charge is 2.36. The summed E-state index contributed by atoms with van der Waals surface area (Å²) in [6.45, 7) is 8.78. The van der Waals surface area contributed by atoms with E-state index in [2.05, 4.69) is 31.4 Å². The second-order valence-corrected chi connectivity index (χ2v) is 9.68. The Labute approximate surface area is 158 Å². The lowest BCUT2D eigenvalue weighted by molar-refractivity contribution is 0.0934. The highest BCUT2D eigenvalue weighted by molar-refractivity contribution is 7.16. The molecule has 0 saturated heterocycles. The third-order valence-corrected chi connectivity index (χ3v) is 7.03. The van der Waals surface area contributed by atoms with Crippen molar-refractivity contribution in [1.82, 2.24) is 5.32 Å². The number of carbonyl (C=O) groups excluding carboxylic acids is 1. The maximum Gasteiger partial charge on any atom is 0.256 e. The van der Waals surface area contributed by atoms with Crippen LogP contribution in [-0.2, 0) is 12.8 Å². The molecule has 0 fully saturated rings. The molecule has 0 spiro atoms. The first kappa shape index (κ1) is 17.4. The molecule has 1 aliphatic carbocycles. The van der Waals surface area contributed by atoms with E-state index in [1.54, 1.807) is 11.3 Å². The molecular weight excluding hydrogens is 344 g/mol. The molecule has 0 radical (unpaired) electrons. The van der Waals surface area contributed by atoms with E-state index in [0.717, 1.165) is 35.4 Å². The number of aryl methyl sites for hydroxylation is 1. The van der Waals surface area contributed by atoms with Gasteiger partial charge in [0.2, 0.25) is 0 Å². The predicted molar refractivity (Wildman–Crippen MR) is 106 cm³/mol. The van der Waals surface area contributed by atoms with Crippen LogP contribution in [0, 0.1) is 18.3 Å². The topological polar surface area (TPSA) is 61.4 Å². The Morgan fingerprint density at radius 1 is 1.23 bits per heavy atom. The third-order valence-electron chi connectivity index (χ3n) is 5.85. The fraction of sp³-hybridized carbons (Fsp3) is 0.476. The van der Waals surface area contributed by atoms with Crippen LogP contribution in [0.3, 0.4) is 0 Å². The Balaban J connectivity index is 1.68. The van der Waals surface area contributed by atoms with Crippen LogP contribution in [0.25, 0.3) is 0 Å². The molecule has 1 aromatic heterocycles. The van der Waals surface area contributed by atoms with Crippen LogP contribution >= 0.6 is 11.3 Å². The van der Waals surface area contributed by atoms with E-state index in [1.165, 1.54) is 10.4 Å². The SMILES string of the molecule is Cc1cccc(C2NC(=O)c3c(sc4c3CCC(C(C)(C)C)C4)N2)c1O. The first-order valence-electron chi connectivity index (χ1n) is 9.26. The summed E-state index contributed by atoms with van der Waals surface area (Å²) in [5, 5.41) is 17.8. The quantitative estimate of drug-likeness (QED) is 0.678. The molecule has 0 saturated carbocycles. The zero-order valence-corrected chi connectivity index (χ0v) is 16.6. The molecule has 2 heterocycles. The minimum absolute atomic E-state index is 0.0311. The number of fused-ring (bicyclic) bond motifs is 3. The molecule has 2 aliphatic rings. The second kappa shape index (κ2) is 6.02. The van der Waals surface area contributed by atoms with E-state index in [4.69, 9.17) is 0 Å². The summed E-state index contributed by atoms with van der Waals surface area (Å²) in [6, 6.07) is 5.63. The number of nitrogens with one attached hydrogen (secondary N) is 2. The van der Waals surface area contributed by atoms with Gasteiger partial charge in [-0.15, -0.1) is 11.3 Å². The summed E-state index contributed by atoms with van der Waals surface area (Å²) < 4.78 is 0. The molecule has 1 aliphatic heterocycles. The Bertz CT molecular complexity index is 879. The van der Waals surface area contributed by atoms with Crippen molar-refractivity contribution >= 4 is 22.2 Å². The number of para-hydroxylation sites is 1. The smallest absolute Gasteiger partial charge is 0.256 e. The van der Waals surface area contributed by atoms with Gasteiger partial charge in [-0.1, -0.05) is 39.0 Å².